The SMILES string of the molecule is CC(=Cc1ccn(-c2c(C)cccc2C)c1)C(=O)N(C)O. The third-order valence-corrected chi connectivity index (χ3v) is 3.43. The number of benzene rings is 1. The topological polar surface area (TPSA) is 45.5 Å². The van der Waals surface area contributed by atoms with Gasteiger partial charge in [-0.1, -0.05) is 18.2 Å². The Morgan fingerprint density at radius 1 is 1.24 bits per heavy atom. The van der Waals surface area contributed by atoms with Crippen LogP contribution >= 0.6 is 0 Å². The standard InChI is InChI=1S/C17H20N2O2/c1-12-6-5-7-13(2)16(12)19-9-8-15(11-19)10-14(3)17(20)18(4)21/h5-11,21H,1-4H3. The average Bonchev–Trinajstić information content (AvgIpc) is 2.85. The summed E-state index contributed by atoms with van der Waals surface area (Å²) in [5.41, 5.74) is 4.96. The fraction of sp³-hybridized carbons (Fsp3) is 0.235. The van der Waals surface area contributed by atoms with Gasteiger partial charge in [0.05, 0.1) is 5.69 Å². The van der Waals surface area contributed by atoms with Crippen molar-refractivity contribution in [2.75, 3.05) is 7.05 Å². The van der Waals surface area contributed by atoms with Crippen molar-refractivity contribution in [1.82, 2.24) is 9.63 Å². The summed E-state index contributed by atoms with van der Waals surface area (Å²) in [4.78, 5) is 11.6. The Balaban J connectivity index is 2.35. The lowest BCUT2D eigenvalue weighted by Crippen LogP contribution is -2.22. The van der Waals surface area contributed by atoms with E-state index < -0.39 is 5.91 Å². The molecule has 0 bridgehead atoms. The summed E-state index contributed by atoms with van der Waals surface area (Å²) in [7, 11) is 1.32. The summed E-state index contributed by atoms with van der Waals surface area (Å²) < 4.78 is 2.05. The lowest BCUT2D eigenvalue weighted by molar-refractivity contribution is -0.154. The first-order valence-electron chi connectivity index (χ1n) is 6.80. The number of hydroxylamine groups is 2. The van der Waals surface area contributed by atoms with Crippen molar-refractivity contribution in [3.05, 3.63) is 58.9 Å². The minimum Gasteiger partial charge on any atom is -0.323 e. The van der Waals surface area contributed by atoms with Gasteiger partial charge < -0.3 is 4.57 Å². The number of aryl methyl sites for hydroxylation is 2. The normalized spacial score (nSPS) is 11.6. The van der Waals surface area contributed by atoms with E-state index in [0.717, 1.165) is 11.3 Å². The van der Waals surface area contributed by atoms with Gasteiger partial charge in [0.2, 0.25) is 0 Å². The number of para-hydroxylation sites is 1. The molecule has 0 atom stereocenters. The first-order chi connectivity index (χ1) is 9.90. The van der Waals surface area contributed by atoms with Gasteiger partial charge in [-0.25, -0.2) is 5.06 Å². The van der Waals surface area contributed by atoms with Crippen LogP contribution in [0.25, 0.3) is 11.8 Å². The van der Waals surface area contributed by atoms with Crippen LogP contribution in [0, 0.1) is 13.8 Å². The summed E-state index contributed by atoms with van der Waals surface area (Å²) in [5, 5.41) is 9.75. The van der Waals surface area contributed by atoms with E-state index in [2.05, 4.69) is 30.5 Å². The first kappa shape index (κ1) is 15.1. The molecule has 0 saturated heterocycles. The van der Waals surface area contributed by atoms with Crippen LogP contribution < -0.4 is 0 Å². The molecular weight excluding hydrogens is 264 g/mol. The van der Waals surface area contributed by atoms with Crippen LogP contribution in [-0.2, 0) is 4.79 Å². The highest BCUT2D eigenvalue weighted by atomic mass is 16.5. The molecule has 4 nitrogen and oxygen atoms in total. The Morgan fingerprint density at radius 3 is 2.43 bits per heavy atom. The Morgan fingerprint density at radius 2 is 1.86 bits per heavy atom. The monoisotopic (exact) mass is 284 g/mol. The van der Waals surface area contributed by atoms with Gasteiger partial charge in [-0.2, -0.15) is 0 Å². The van der Waals surface area contributed by atoms with Crippen LogP contribution in [-0.4, -0.2) is 27.8 Å². The molecule has 0 aliphatic heterocycles. The van der Waals surface area contributed by atoms with Gasteiger partial charge in [-0.3, -0.25) is 10.0 Å². The maximum Gasteiger partial charge on any atom is 0.272 e. The maximum absolute atomic E-state index is 11.6. The second kappa shape index (κ2) is 5.97. The molecule has 2 rings (SSSR count). The number of carbonyl (C=O) groups is 1. The largest absolute Gasteiger partial charge is 0.323 e. The van der Waals surface area contributed by atoms with E-state index in [0.29, 0.717) is 10.6 Å². The highest BCUT2D eigenvalue weighted by molar-refractivity contribution is 5.96. The number of hydrogen-bond acceptors (Lipinski definition) is 2. The molecule has 1 heterocycles. The van der Waals surface area contributed by atoms with Gasteiger partial charge in [0.25, 0.3) is 5.91 Å². The molecule has 0 spiro atoms. The molecule has 1 aromatic carbocycles. The Bertz CT molecular complexity index is 676. The minimum atomic E-state index is -0.408. The molecule has 110 valence electrons. The molecule has 1 N–H and O–H groups in total. The zero-order valence-corrected chi connectivity index (χ0v) is 12.8. The molecule has 0 fully saturated rings. The fourth-order valence-electron chi connectivity index (χ4n) is 2.42. The summed E-state index contributed by atoms with van der Waals surface area (Å²) in [5.74, 6) is -0.408. The third kappa shape index (κ3) is 3.23. The zero-order chi connectivity index (χ0) is 15.6. The molecule has 0 aliphatic carbocycles. The van der Waals surface area contributed by atoms with Crippen LogP contribution in [0.4, 0.5) is 0 Å². The molecule has 21 heavy (non-hydrogen) atoms. The summed E-state index contributed by atoms with van der Waals surface area (Å²) in [6.45, 7) is 5.84. The summed E-state index contributed by atoms with van der Waals surface area (Å²) in [6, 6.07) is 8.14. The number of likely N-dealkylation sites (N-methyl/N-ethyl adjacent to an activating group) is 1. The van der Waals surface area contributed by atoms with Crippen LogP contribution in [0.3, 0.4) is 0 Å². The number of aromatic nitrogens is 1. The van der Waals surface area contributed by atoms with Crippen molar-refractivity contribution < 1.29 is 10.0 Å². The van der Waals surface area contributed by atoms with E-state index in [1.54, 1.807) is 13.0 Å². The van der Waals surface area contributed by atoms with Crippen molar-refractivity contribution in [1.29, 1.82) is 0 Å². The van der Waals surface area contributed by atoms with Crippen LogP contribution in [0.5, 0.6) is 0 Å². The van der Waals surface area contributed by atoms with E-state index in [9.17, 15) is 4.79 Å². The number of amides is 1. The van der Waals surface area contributed by atoms with Crippen molar-refractivity contribution in [3.8, 4) is 5.69 Å². The smallest absolute Gasteiger partial charge is 0.272 e. The molecule has 4 heteroatoms. The molecular formula is C17H20N2O2. The van der Waals surface area contributed by atoms with E-state index in [4.69, 9.17) is 5.21 Å². The fourth-order valence-corrected chi connectivity index (χ4v) is 2.42. The number of carbonyl (C=O) groups excluding carboxylic acids is 1. The average molecular weight is 284 g/mol. The summed E-state index contributed by atoms with van der Waals surface area (Å²) in [6.07, 6.45) is 5.71. The maximum atomic E-state index is 11.6. The number of hydrogen-bond donors (Lipinski definition) is 1. The zero-order valence-electron chi connectivity index (χ0n) is 12.8. The Labute approximate surface area is 124 Å². The quantitative estimate of drug-likeness (QED) is 0.534. The van der Waals surface area contributed by atoms with Gasteiger partial charge in [0, 0.05) is 25.0 Å². The lowest BCUT2D eigenvalue weighted by Gasteiger charge is -2.10. The van der Waals surface area contributed by atoms with E-state index in [-0.39, 0.29) is 0 Å². The molecule has 0 unspecified atom stereocenters. The second-order valence-electron chi connectivity index (χ2n) is 5.25. The number of nitrogens with zero attached hydrogens (tertiary/aromatic N) is 2. The third-order valence-electron chi connectivity index (χ3n) is 3.43. The minimum absolute atomic E-state index is 0.408. The first-order valence-corrected chi connectivity index (χ1v) is 6.80. The van der Waals surface area contributed by atoms with Crippen molar-refractivity contribution in [2.45, 2.75) is 20.8 Å². The number of rotatable bonds is 3. The molecule has 1 amide bonds. The van der Waals surface area contributed by atoms with E-state index >= 15 is 0 Å². The van der Waals surface area contributed by atoms with Crippen LogP contribution in [0.1, 0.15) is 23.6 Å². The van der Waals surface area contributed by atoms with Crippen LogP contribution in [0.15, 0.2) is 42.2 Å². The lowest BCUT2D eigenvalue weighted by atomic mass is 10.1. The molecule has 0 radical (unpaired) electrons. The van der Waals surface area contributed by atoms with Gasteiger partial charge in [-0.15, -0.1) is 0 Å². The van der Waals surface area contributed by atoms with E-state index in [1.807, 2.05) is 24.5 Å². The second-order valence-corrected chi connectivity index (χ2v) is 5.25. The highest BCUT2D eigenvalue weighted by Gasteiger charge is 2.09. The molecule has 1 aromatic heterocycles. The Kier molecular flexibility index (Phi) is 4.29. The van der Waals surface area contributed by atoms with Crippen molar-refractivity contribution in [3.63, 3.8) is 0 Å². The summed E-state index contributed by atoms with van der Waals surface area (Å²) >= 11 is 0. The van der Waals surface area contributed by atoms with Crippen molar-refractivity contribution >= 4 is 12.0 Å². The Hall–Kier alpha value is -2.33. The molecule has 0 saturated carbocycles. The van der Waals surface area contributed by atoms with Crippen LogP contribution in [0.2, 0.25) is 0 Å². The predicted molar refractivity (Wildman–Crippen MR) is 83.5 cm³/mol. The highest BCUT2D eigenvalue weighted by Crippen LogP contribution is 2.20. The van der Waals surface area contributed by atoms with Gasteiger partial charge in [0.15, 0.2) is 0 Å². The molecule has 2 aromatic rings. The predicted octanol–water partition coefficient (Wildman–Crippen LogP) is 3.35. The van der Waals surface area contributed by atoms with Gasteiger partial charge >= 0.3 is 0 Å². The van der Waals surface area contributed by atoms with Gasteiger partial charge in [0.1, 0.15) is 0 Å². The van der Waals surface area contributed by atoms with Crippen molar-refractivity contribution in [2.24, 2.45) is 0 Å². The van der Waals surface area contributed by atoms with E-state index in [1.165, 1.54) is 18.2 Å². The molecule has 0 aliphatic rings. The van der Waals surface area contributed by atoms with Gasteiger partial charge in [-0.05, 0) is 49.6 Å².